The summed E-state index contributed by atoms with van der Waals surface area (Å²) < 4.78 is 15.0. The van der Waals surface area contributed by atoms with Crippen LogP contribution in [-0.2, 0) is 16.1 Å². The molecule has 0 saturated carbocycles. The number of halogens is 1. The Hall–Kier alpha value is -4.05. The van der Waals surface area contributed by atoms with Gasteiger partial charge in [0, 0.05) is 30.7 Å². The van der Waals surface area contributed by atoms with Gasteiger partial charge in [-0.1, -0.05) is 42.1 Å². The SMILES string of the molecule is CN(CC(=O)Nc1ccc(F)cc1)C(=O)CSc1nnc(-c2cccnc2)n1Cc1ccccc1. The van der Waals surface area contributed by atoms with Gasteiger partial charge in [0.05, 0.1) is 18.8 Å². The Morgan fingerprint density at radius 2 is 1.80 bits per heavy atom. The van der Waals surface area contributed by atoms with E-state index in [4.69, 9.17) is 0 Å². The van der Waals surface area contributed by atoms with Crippen molar-refractivity contribution in [2.75, 3.05) is 24.7 Å². The fraction of sp³-hybridized carbons (Fsp3) is 0.160. The average molecular weight is 491 g/mol. The van der Waals surface area contributed by atoms with Crippen molar-refractivity contribution in [3.05, 3.63) is 90.5 Å². The van der Waals surface area contributed by atoms with E-state index >= 15 is 0 Å². The Labute approximate surface area is 206 Å². The Balaban J connectivity index is 1.41. The zero-order valence-corrected chi connectivity index (χ0v) is 19.8. The summed E-state index contributed by atoms with van der Waals surface area (Å²) >= 11 is 1.26. The van der Waals surface area contributed by atoms with Crippen LogP contribution in [0.5, 0.6) is 0 Å². The summed E-state index contributed by atoms with van der Waals surface area (Å²) in [6.07, 6.45) is 3.41. The minimum atomic E-state index is -0.390. The lowest BCUT2D eigenvalue weighted by atomic mass is 10.2. The highest BCUT2D eigenvalue weighted by Crippen LogP contribution is 2.25. The zero-order valence-electron chi connectivity index (χ0n) is 19.0. The highest BCUT2D eigenvalue weighted by atomic mass is 32.2. The van der Waals surface area contributed by atoms with Crippen LogP contribution >= 0.6 is 11.8 Å². The van der Waals surface area contributed by atoms with E-state index in [9.17, 15) is 14.0 Å². The van der Waals surface area contributed by atoms with Crippen LogP contribution in [0.2, 0.25) is 0 Å². The van der Waals surface area contributed by atoms with E-state index < -0.39 is 0 Å². The number of pyridine rings is 1. The average Bonchev–Trinajstić information content (AvgIpc) is 3.27. The third kappa shape index (κ3) is 6.51. The number of nitrogens with zero attached hydrogens (tertiary/aromatic N) is 5. The molecule has 0 aliphatic rings. The predicted octanol–water partition coefficient (Wildman–Crippen LogP) is 3.72. The van der Waals surface area contributed by atoms with E-state index in [1.165, 1.54) is 40.9 Å². The molecule has 4 rings (SSSR count). The van der Waals surface area contributed by atoms with E-state index in [1.54, 1.807) is 19.4 Å². The monoisotopic (exact) mass is 490 g/mol. The smallest absolute Gasteiger partial charge is 0.243 e. The molecule has 1 N–H and O–H groups in total. The molecule has 178 valence electrons. The quantitative estimate of drug-likeness (QED) is 0.360. The van der Waals surface area contributed by atoms with Gasteiger partial charge in [-0.25, -0.2) is 4.39 Å². The number of benzene rings is 2. The first-order valence-electron chi connectivity index (χ1n) is 10.8. The van der Waals surface area contributed by atoms with Gasteiger partial charge in [0.1, 0.15) is 5.82 Å². The molecule has 0 aliphatic carbocycles. The molecule has 2 aromatic carbocycles. The number of aromatic nitrogens is 4. The molecule has 10 heteroatoms. The summed E-state index contributed by atoms with van der Waals surface area (Å²) in [5.41, 5.74) is 2.35. The maximum atomic E-state index is 13.0. The Kier molecular flexibility index (Phi) is 7.84. The number of likely N-dealkylation sites (N-methyl/N-ethyl adjacent to an activating group) is 1. The van der Waals surface area contributed by atoms with Crippen LogP contribution in [0.3, 0.4) is 0 Å². The van der Waals surface area contributed by atoms with E-state index in [2.05, 4.69) is 20.5 Å². The third-order valence-corrected chi connectivity index (χ3v) is 6.03. The molecule has 0 aliphatic heterocycles. The lowest BCUT2D eigenvalue weighted by Crippen LogP contribution is -2.36. The number of carbonyl (C=O) groups is 2. The van der Waals surface area contributed by atoms with Crippen molar-refractivity contribution in [1.29, 1.82) is 0 Å². The standard InChI is InChI=1S/C25H23FN6O2S/c1-31(16-22(33)28-21-11-9-20(26)10-12-21)23(34)17-35-25-30-29-24(19-8-5-13-27-14-19)32(25)15-18-6-3-2-4-7-18/h2-14H,15-17H2,1H3,(H,28,33). The van der Waals surface area contributed by atoms with Crippen LogP contribution in [0.4, 0.5) is 10.1 Å². The molecule has 0 radical (unpaired) electrons. The number of rotatable bonds is 9. The molecule has 35 heavy (non-hydrogen) atoms. The van der Waals surface area contributed by atoms with E-state index in [1.807, 2.05) is 47.0 Å². The van der Waals surface area contributed by atoms with Gasteiger partial charge in [0.25, 0.3) is 0 Å². The number of anilines is 1. The molecule has 0 unspecified atom stereocenters. The third-order valence-electron chi connectivity index (χ3n) is 5.08. The number of carbonyl (C=O) groups excluding carboxylic acids is 2. The van der Waals surface area contributed by atoms with Crippen LogP contribution < -0.4 is 5.32 Å². The van der Waals surface area contributed by atoms with Gasteiger partial charge in [-0.3, -0.25) is 19.1 Å². The van der Waals surface area contributed by atoms with Gasteiger partial charge in [0.15, 0.2) is 11.0 Å². The summed E-state index contributed by atoms with van der Waals surface area (Å²) in [7, 11) is 1.56. The van der Waals surface area contributed by atoms with E-state index in [0.717, 1.165) is 11.1 Å². The second-order valence-corrected chi connectivity index (χ2v) is 8.66. The Morgan fingerprint density at radius 3 is 2.51 bits per heavy atom. The molecule has 0 fully saturated rings. The van der Waals surface area contributed by atoms with Crippen molar-refractivity contribution in [3.63, 3.8) is 0 Å². The van der Waals surface area contributed by atoms with Crippen molar-refractivity contribution in [3.8, 4) is 11.4 Å². The van der Waals surface area contributed by atoms with Crippen LogP contribution in [0.15, 0.2) is 84.3 Å². The Bertz CT molecular complexity index is 1280. The molecule has 2 amide bonds. The number of hydrogen-bond donors (Lipinski definition) is 1. The molecule has 4 aromatic rings. The van der Waals surface area contributed by atoms with Crippen LogP contribution in [0.25, 0.3) is 11.4 Å². The van der Waals surface area contributed by atoms with Gasteiger partial charge >= 0.3 is 0 Å². The second kappa shape index (κ2) is 11.4. The molecule has 0 atom stereocenters. The highest BCUT2D eigenvalue weighted by molar-refractivity contribution is 7.99. The first kappa shape index (κ1) is 24.1. The van der Waals surface area contributed by atoms with Gasteiger partial charge in [0.2, 0.25) is 11.8 Å². The molecule has 0 bridgehead atoms. The first-order valence-corrected chi connectivity index (χ1v) is 11.8. The molecule has 8 nitrogen and oxygen atoms in total. The molecule has 0 saturated heterocycles. The number of nitrogens with one attached hydrogen (secondary N) is 1. The van der Waals surface area contributed by atoms with E-state index in [0.29, 0.717) is 23.2 Å². The number of thioether (sulfide) groups is 1. The zero-order chi connectivity index (χ0) is 24.6. The van der Waals surface area contributed by atoms with Crippen molar-refractivity contribution in [2.24, 2.45) is 0 Å². The normalized spacial score (nSPS) is 10.7. The lowest BCUT2D eigenvalue weighted by Gasteiger charge is -2.17. The largest absolute Gasteiger partial charge is 0.336 e. The summed E-state index contributed by atoms with van der Waals surface area (Å²) in [5.74, 6) is -0.256. The van der Waals surface area contributed by atoms with Crippen molar-refractivity contribution < 1.29 is 14.0 Å². The van der Waals surface area contributed by atoms with Crippen molar-refractivity contribution in [2.45, 2.75) is 11.7 Å². The number of amides is 2. The second-order valence-electron chi connectivity index (χ2n) is 7.71. The topological polar surface area (TPSA) is 93.0 Å². The lowest BCUT2D eigenvalue weighted by molar-refractivity contribution is -0.131. The molecule has 2 aromatic heterocycles. The van der Waals surface area contributed by atoms with Gasteiger partial charge < -0.3 is 10.2 Å². The van der Waals surface area contributed by atoms with Gasteiger partial charge in [-0.2, -0.15) is 0 Å². The fourth-order valence-corrected chi connectivity index (χ4v) is 4.16. The Morgan fingerprint density at radius 1 is 1.03 bits per heavy atom. The molecule has 0 spiro atoms. The molecule has 2 heterocycles. The van der Waals surface area contributed by atoms with E-state index in [-0.39, 0.29) is 29.9 Å². The summed E-state index contributed by atoms with van der Waals surface area (Å²) in [6.45, 7) is 0.402. The summed E-state index contributed by atoms with van der Waals surface area (Å²) in [4.78, 5) is 30.5. The number of hydrogen-bond acceptors (Lipinski definition) is 6. The maximum absolute atomic E-state index is 13.0. The fourth-order valence-electron chi connectivity index (χ4n) is 3.29. The maximum Gasteiger partial charge on any atom is 0.243 e. The minimum absolute atomic E-state index is 0.0836. The van der Waals surface area contributed by atoms with Crippen molar-refractivity contribution >= 4 is 29.3 Å². The van der Waals surface area contributed by atoms with Crippen LogP contribution in [0.1, 0.15) is 5.56 Å². The highest BCUT2D eigenvalue weighted by Gasteiger charge is 2.19. The van der Waals surface area contributed by atoms with Crippen LogP contribution in [0, 0.1) is 5.82 Å². The minimum Gasteiger partial charge on any atom is -0.336 e. The molecular weight excluding hydrogens is 467 g/mol. The molecular formula is C25H23FN6O2S. The summed E-state index contributed by atoms with van der Waals surface area (Å²) in [5, 5.41) is 11.9. The predicted molar refractivity (Wildman–Crippen MR) is 132 cm³/mol. The van der Waals surface area contributed by atoms with Crippen molar-refractivity contribution in [1.82, 2.24) is 24.6 Å². The summed E-state index contributed by atoms with van der Waals surface area (Å²) in [6, 6.07) is 19.1. The first-order chi connectivity index (χ1) is 17.0. The van der Waals surface area contributed by atoms with Gasteiger partial charge in [-0.05, 0) is 42.0 Å². The van der Waals surface area contributed by atoms with Crippen LogP contribution in [-0.4, -0.2) is 55.8 Å². The van der Waals surface area contributed by atoms with Gasteiger partial charge in [-0.15, -0.1) is 10.2 Å².